The molecule has 1 aromatic carbocycles. The number of carboxylic acid groups (broad SMARTS) is 1. The fourth-order valence-electron chi connectivity index (χ4n) is 2.65. The number of fused-ring (bicyclic) bond motifs is 1. The van der Waals surface area contributed by atoms with Crippen molar-refractivity contribution in [2.75, 3.05) is 0 Å². The van der Waals surface area contributed by atoms with Crippen molar-refractivity contribution in [2.45, 2.75) is 13.3 Å². The molecule has 0 saturated carbocycles. The predicted octanol–water partition coefficient (Wildman–Crippen LogP) is 4.22. The first-order valence-corrected chi connectivity index (χ1v) is 6.53. The average Bonchev–Trinajstić information content (AvgIpc) is 3.01. The summed E-state index contributed by atoms with van der Waals surface area (Å²) in [5.74, 6) is -0.626. The molecule has 0 amide bonds. The zero-order chi connectivity index (χ0) is 15.0. The first kappa shape index (κ1) is 13.4. The maximum atomic E-state index is 13.5. The van der Waals surface area contributed by atoms with Gasteiger partial charge in [0.2, 0.25) is 0 Å². The number of carbonyl (C=O) groups is 1. The number of aliphatic carboxylic acids is 1. The molecule has 1 aliphatic rings. The molecule has 0 fully saturated rings. The summed E-state index contributed by atoms with van der Waals surface area (Å²) in [7, 11) is 0. The molecule has 1 aliphatic carbocycles. The maximum Gasteiger partial charge on any atom is 0.307 e. The molecule has 0 radical (unpaired) electrons. The van der Waals surface area contributed by atoms with Crippen molar-refractivity contribution in [3.05, 3.63) is 64.9 Å². The average molecular weight is 284 g/mol. The van der Waals surface area contributed by atoms with Gasteiger partial charge in [-0.2, -0.15) is 0 Å². The quantitative estimate of drug-likeness (QED) is 0.918. The third-order valence-electron chi connectivity index (χ3n) is 3.61. The largest absolute Gasteiger partial charge is 0.481 e. The second-order valence-corrected chi connectivity index (χ2v) is 4.94. The van der Waals surface area contributed by atoms with Crippen LogP contribution in [-0.2, 0) is 4.79 Å². The fraction of sp³-hybridized carbons (Fsp3) is 0.118. The highest BCUT2D eigenvalue weighted by molar-refractivity contribution is 6.07. The van der Waals surface area contributed by atoms with Crippen molar-refractivity contribution in [3.8, 4) is 0 Å². The van der Waals surface area contributed by atoms with Crippen LogP contribution in [0.25, 0.3) is 17.2 Å². The van der Waals surface area contributed by atoms with E-state index in [0.717, 1.165) is 16.7 Å². The molecule has 0 atom stereocenters. The van der Waals surface area contributed by atoms with Crippen LogP contribution in [0.2, 0.25) is 0 Å². The molecule has 4 heteroatoms. The van der Waals surface area contributed by atoms with E-state index in [1.165, 1.54) is 12.1 Å². The highest BCUT2D eigenvalue weighted by Crippen LogP contribution is 2.43. The maximum absolute atomic E-state index is 13.5. The summed E-state index contributed by atoms with van der Waals surface area (Å²) in [6.07, 6.45) is 3.29. The van der Waals surface area contributed by atoms with Crippen molar-refractivity contribution in [1.82, 2.24) is 0 Å². The lowest BCUT2D eigenvalue weighted by atomic mass is 10.0. The van der Waals surface area contributed by atoms with E-state index in [1.54, 1.807) is 18.4 Å². The van der Waals surface area contributed by atoms with Crippen LogP contribution in [0.15, 0.2) is 46.6 Å². The summed E-state index contributed by atoms with van der Waals surface area (Å²) in [5, 5.41) is 9.06. The molecule has 21 heavy (non-hydrogen) atoms. The lowest BCUT2D eigenvalue weighted by Gasteiger charge is -2.03. The Hall–Kier alpha value is -2.62. The van der Waals surface area contributed by atoms with Crippen LogP contribution in [0.3, 0.4) is 0 Å². The van der Waals surface area contributed by atoms with Gasteiger partial charge in [-0.3, -0.25) is 4.79 Å². The van der Waals surface area contributed by atoms with Gasteiger partial charge in [-0.1, -0.05) is 6.07 Å². The Morgan fingerprint density at radius 2 is 2.14 bits per heavy atom. The number of hydrogen-bond acceptors (Lipinski definition) is 2. The zero-order valence-electron chi connectivity index (χ0n) is 11.4. The van der Waals surface area contributed by atoms with Gasteiger partial charge >= 0.3 is 5.97 Å². The molecule has 106 valence electrons. The van der Waals surface area contributed by atoms with E-state index >= 15 is 0 Å². The lowest BCUT2D eigenvalue weighted by molar-refractivity contribution is -0.135. The van der Waals surface area contributed by atoms with Crippen LogP contribution in [0, 0.1) is 5.82 Å². The highest BCUT2D eigenvalue weighted by atomic mass is 19.1. The Bertz CT molecular complexity index is 767. The minimum absolute atomic E-state index is 0.127. The molecular formula is C17H13FO3. The molecule has 3 rings (SSSR count). The lowest BCUT2D eigenvalue weighted by Crippen LogP contribution is -1.97. The second kappa shape index (κ2) is 5.05. The molecule has 3 nitrogen and oxygen atoms in total. The monoisotopic (exact) mass is 284 g/mol. The Labute approximate surface area is 121 Å². The summed E-state index contributed by atoms with van der Waals surface area (Å²) in [6, 6.07) is 8.05. The fourth-order valence-corrected chi connectivity index (χ4v) is 2.65. The number of hydrogen-bond donors (Lipinski definition) is 1. The Morgan fingerprint density at radius 1 is 1.33 bits per heavy atom. The summed E-state index contributed by atoms with van der Waals surface area (Å²) < 4.78 is 18.8. The van der Waals surface area contributed by atoms with Crippen LogP contribution in [-0.4, -0.2) is 11.1 Å². The smallest absolute Gasteiger partial charge is 0.307 e. The molecule has 0 saturated heterocycles. The molecule has 0 unspecified atom stereocenters. The topological polar surface area (TPSA) is 50.4 Å². The summed E-state index contributed by atoms with van der Waals surface area (Å²) in [4.78, 5) is 11.1. The molecule has 1 N–H and O–H groups in total. The number of rotatable bonds is 3. The Morgan fingerprint density at radius 3 is 2.81 bits per heavy atom. The highest BCUT2D eigenvalue weighted by Gasteiger charge is 2.25. The summed E-state index contributed by atoms with van der Waals surface area (Å²) >= 11 is 0. The van der Waals surface area contributed by atoms with E-state index < -0.39 is 5.97 Å². The number of benzene rings is 1. The molecule has 0 spiro atoms. The summed E-state index contributed by atoms with van der Waals surface area (Å²) in [5.41, 5.74) is 3.84. The Kier molecular flexibility index (Phi) is 3.22. The van der Waals surface area contributed by atoms with Crippen LogP contribution >= 0.6 is 0 Å². The van der Waals surface area contributed by atoms with Crippen molar-refractivity contribution < 1.29 is 18.7 Å². The van der Waals surface area contributed by atoms with Crippen molar-refractivity contribution in [2.24, 2.45) is 0 Å². The van der Waals surface area contributed by atoms with Gasteiger partial charge in [0.15, 0.2) is 0 Å². The third kappa shape index (κ3) is 2.40. The van der Waals surface area contributed by atoms with E-state index in [1.807, 2.05) is 19.1 Å². The third-order valence-corrected chi connectivity index (χ3v) is 3.61. The number of halogens is 1. The van der Waals surface area contributed by atoms with Gasteiger partial charge < -0.3 is 9.52 Å². The van der Waals surface area contributed by atoms with Gasteiger partial charge in [-0.05, 0) is 65.1 Å². The van der Waals surface area contributed by atoms with E-state index in [2.05, 4.69) is 0 Å². The first-order chi connectivity index (χ1) is 10.1. The molecule has 1 heterocycles. The van der Waals surface area contributed by atoms with Gasteiger partial charge in [-0.25, -0.2) is 4.39 Å². The van der Waals surface area contributed by atoms with E-state index in [-0.39, 0.29) is 12.2 Å². The van der Waals surface area contributed by atoms with Gasteiger partial charge in [0.1, 0.15) is 11.6 Å². The van der Waals surface area contributed by atoms with E-state index in [0.29, 0.717) is 16.9 Å². The van der Waals surface area contributed by atoms with Crippen LogP contribution in [0.1, 0.15) is 30.2 Å². The molecule has 0 bridgehead atoms. The van der Waals surface area contributed by atoms with Gasteiger partial charge in [-0.15, -0.1) is 0 Å². The standard InChI is InChI=1S/C17H13FO3/c1-10-14(8-12-3-2-6-21-12)13-5-4-11(18)7-16(13)15(10)9-17(19)20/h2-8H,9H2,1H3,(H,19,20)/b14-8-. The second-order valence-electron chi connectivity index (χ2n) is 4.94. The number of furan rings is 1. The SMILES string of the molecule is CC1=C(CC(=O)O)c2cc(F)ccc2/C1=C\c1ccco1. The minimum atomic E-state index is -0.932. The van der Waals surface area contributed by atoms with Gasteiger partial charge in [0.25, 0.3) is 0 Å². The molecular weight excluding hydrogens is 271 g/mol. The number of allylic oxidation sites excluding steroid dienone is 2. The van der Waals surface area contributed by atoms with Gasteiger partial charge in [0, 0.05) is 0 Å². The van der Waals surface area contributed by atoms with Crippen molar-refractivity contribution >= 4 is 23.2 Å². The first-order valence-electron chi connectivity index (χ1n) is 6.53. The zero-order valence-corrected chi connectivity index (χ0v) is 11.4. The van der Waals surface area contributed by atoms with E-state index in [9.17, 15) is 9.18 Å². The van der Waals surface area contributed by atoms with Gasteiger partial charge in [0.05, 0.1) is 12.7 Å². The number of carboxylic acids is 1. The molecule has 1 aromatic heterocycles. The van der Waals surface area contributed by atoms with Crippen LogP contribution in [0.5, 0.6) is 0 Å². The van der Waals surface area contributed by atoms with E-state index in [4.69, 9.17) is 9.52 Å². The Balaban J connectivity index is 2.18. The van der Waals surface area contributed by atoms with Crippen molar-refractivity contribution in [1.29, 1.82) is 0 Å². The predicted molar refractivity (Wildman–Crippen MR) is 77.8 cm³/mol. The molecule has 2 aromatic rings. The normalized spacial score (nSPS) is 15.6. The minimum Gasteiger partial charge on any atom is -0.481 e. The van der Waals surface area contributed by atoms with Crippen LogP contribution in [0.4, 0.5) is 4.39 Å². The van der Waals surface area contributed by atoms with Crippen molar-refractivity contribution in [3.63, 3.8) is 0 Å². The molecule has 0 aliphatic heterocycles. The summed E-state index contributed by atoms with van der Waals surface area (Å²) in [6.45, 7) is 1.85. The van der Waals surface area contributed by atoms with Crippen LogP contribution < -0.4 is 0 Å².